The zero-order valence-electron chi connectivity index (χ0n) is 24.6. The Morgan fingerprint density at radius 3 is 2.50 bits per heavy atom. The highest BCUT2D eigenvalue weighted by Crippen LogP contribution is 2.37. The number of nitrogens with two attached hydrogens (primary N) is 1. The van der Waals surface area contributed by atoms with Crippen molar-refractivity contribution >= 4 is 29.1 Å². The zero-order valence-corrected chi connectivity index (χ0v) is 25.5. The molecule has 10 heteroatoms. The topological polar surface area (TPSA) is 119 Å². The standard InChI is InChI=1S/C24H26FN3O4S.C2H5N.2C2H6/c1-4-5-33-26-9-16-14-6-13(2)19(25)8-20(14)27-23-17(16)10-28-21(23)7-15(22(30)11-29)18(12-32-3)24(28)31;1-2-3;2*1-2/h6-8,11,22,26,30H,4-5,9-10,12H2,1-3H3;2H,1,3H2;2*1-2H3. The Morgan fingerprint density at radius 1 is 1.27 bits per heavy atom. The summed E-state index contributed by atoms with van der Waals surface area (Å²) in [7, 11) is 1.45. The number of methoxy groups -OCH3 is 1. The number of aldehydes is 1. The van der Waals surface area contributed by atoms with Crippen LogP contribution in [0, 0.1) is 12.7 Å². The van der Waals surface area contributed by atoms with E-state index in [4.69, 9.17) is 9.72 Å². The van der Waals surface area contributed by atoms with Gasteiger partial charge in [0.15, 0.2) is 6.29 Å². The first-order chi connectivity index (χ1) is 19.3. The van der Waals surface area contributed by atoms with Crippen LogP contribution < -0.4 is 16.0 Å². The summed E-state index contributed by atoms with van der Waals surface area (Å²) in [4.78, 5) is 29.4. The maximum Gasteiger partial charge on any atom is 0.257 e. The van der Waals surface area contributed by atoms with Crippen molar-refractivity contribution in [1.82, 2.24) is 14.3 Å². The van der Waals surface area contributed by atoms with Crippen LogP contribution in [0.1, 0.15) is 75.0 Å². The van der Waals surface area contributed by atoms with Crippen LogP contribution in [0.4, 0.5) is 4.39 Å². The number of aromatic nitrogens is 2. The van der Waals surface area contributed by atoms with E-state index in [1.807, 2.05) is 27.7 Å². The lowest BCUT2D eigenvalue weighted by atomic mass is 9.98. The molecule has 1 atom stereocenters. The minimum absolute atomic E-state index is 0.0302. The second-order valence-corrected chi connectivity index (χ2v) is 9.30. The fourth-order valence-electron chi connectivity index (χ4n) is 4.23. The third kappa shape index (κ3) is 7.78. The molecule has 8 nitrogen and oxygen atoms in total. The first-order valence-electron chi connectivity index (χ1n) is 13.5. The first-order valence-corrected chi connectivity index (χ1v) is 14.5. The highest BCUT2D eigenvalue weighted by atomic mass is 32.2. The van der Waals surface area contributed by atoms with E-state index >= 15 is 0 Å². The Labute approximate surface area is 241 Å². The van der Waals surface area contributed by atoms with E-state index in [0.29, 0.717) is 41.8 Å². The third-order valence-electron chi connectivity index (χ3n) is 5.87. The molecule has 0 saturated heterocycles. The van der Waals surface area contributed by atoms with Crippen molar-refractivity contribution in [1.29, 1.82) is 0 Å². The molecule has 1 aromatic carbocycles. The zero-order chi connectivity index (χ0) is 30.4. The molecule has 0 saturated carbocycles. The Hall–Kier alpha value is -3.05. The first kappa shape index (κ1) is 35.0. The van der Waals surface area contributed by atoms with Crippen LogP contribution in [0.15, 0.2) is 35.8 Å². The quantitative estimate of drug-likeness (QED) is 0.135. The largest absolute Gasteiger partial charge is 0.405 e. The second-order valence-electron chi connectivity index (χ2n) is 8.31. The predicted octanol–water partition coefficient (Wildman–Crippen LogP) is 5.54. The third-order valence-corrected chi connectivity index (χ3v) is 6.83. The van der Waals surface area contributed by atoms with E-state index in [-0.39, 0.29) is 29.1 Å². The number of benzene rings is 1. The van der Waals surface area contributed by atoms with Gasteiger partial charge < -0.3 is 24.9 Å². The summed E-state index contributed by atoms with van der Waals surface area (Å²) in [5.41, 5.74) is 8.61. The van der Waals surface area contributed by atoms with Crippen LogP contribution in [0.5, 0.6) is 0 Å². The predicted molar refractivity (Wildman–Crippen MR) is 164 cm³/mol. The molecule has 4 N–H and O–H groups in total. The Kier molecular flexibility index (Phi) is 15.4. The van der Waals surface area contributed by atoms with E-state index in [2.05, 4.69) is 24.0 Å². The van der Waals surface area contributed by atoms with Crippen LogP contribution in [-0.4, -0.2) is 33.8 Å². The molecule has 1 aliphatic rings. The molecule has 0 amide bonds. The molecule has 0 spiro atoms. The molecule has 0 radical (unpaired) electrons. The molecule has 1 aliphatic heterocycles. The molecule has 220 valence electrons. The number of hydrogen-bond donors (Lipinski definition) is 3. The molecule has 3 heterocycles. The lowest BCUT2D eigenvalue weighted by molar-refractivity contribution is -0.115. The van der Waals surface area contributed by atoms with Crippen molar-refractivity contribution in [2.24, 2.45) is 5.73 Å². The van der Waals surface area contributed by atoms with Gasteiger partial charge in [0.1, 0.15) is 11.9 Å². The van der Waals surface area contributed by atoms with Gasteiger partial charge in [0.2, 0.25) is 0 Å². The van der Waals surface area contributed by atoms with Crippen LogP contribution in [0.2, 0.25) is 0 Å². The highest BCUT2D eigenvalue weighted by molar-refractivity contribution is 7.97. The van der Waals surface area contributed by atoms with Crippen molar-refractivity contribution in [3.8, 4) is 11.4 Å². The van der Waals surface area contributed by atoms with Gasteiger partial charge in [0.25, 0.3) is 5.56 Å². The van der Waals surface area contributed by atoms with Gasteiger partial charge in [0.05, 0.1) is 30.1 Å². The summed E-state index contributed by atoms with van der Waals surface area (Å²) in [5.74, 6) is 0.600. The van der Waals surface area contributed by atoms with Crippen LogP contribution in [-0.2, 0) is 29.2 Å². The van der Waals surface area contributed by atoms with Crippen molar-refractivity contribution in [2.45, 2.75) is 73.8 Å². The number of carbonyl (C=O) groups is 1. The summed E-state index contributed by atoms with van der Waals surface area (Å²) >= 11 is 1.61. The van der Waals surface area contributed by atoms with E-state index < -0.39 is 6.10 Å². The van der Waals surface area contributed by atoms with Gasteiger partial charge in [-0.15, -0.1) is 0 Å². The molecule has 4 rings (SSSR count). The number of fused-ring (bicyclic) bond motifs is 4. The van der Waals surface area contributed by atoms with Gasteiger partial charge in [-0.05, 0) is 42.8 Å². The molecule has 0 bridgehead atoms. The van der Waals surface area contributed by atoms with E-state index in [1.165, 1.54) is 19.4 Å². The fourth-order valence-corrected chi connectivity index (χ4v) is 4.82. The van der Waals surface area contributed by atoms with E-state index in [0.717, 1.165) is 28.7 Å². The van der Waals surface area contributed by atoms with E-state index in [1.54, 1.807) is 35.6 Å². The van der Waals surface area contributed by atoms with Crippen LogP contribution in [0.3, 0.4) is 0 Å². The number of rotatable bonds is 9. The van der Waals surface area contributed by atoms with Crippen molar-refractivity contribution < 1.29 is 19.0 Å². The Morgan fingerprint density at radius 2 is 1.93 bits per heavy atom. The van der Waals surface area contributed by atoms with Gasteiger partial charge in [-0.1, -0.05) is 53.1 Å². The molecule has 2 aromatic heterocycles. The second kappa shape index (κ2) is 17.6. The van der Waals surface area contributed by atoms with Gasteiger partial charge >= 0.3 is 0 Å². The van der Waals surface area contributed by atoms with Crippen molar-refractivity contribution in [3.05, 3.63) is 75.0 Å². The Balaban J connectivity index is 0.00000105. The maximum atomic E-state index is 14.4. The maximum absolute atomic E-state index is 14.4. The number of pyridine rings is 2. The monoisotopic (exact) mass is 574 g/mol. The smallest absolute Gasteiger partial charge is 0.257 e. The molecule has 0 fully saturated rings. The average molecular weight is 575 g/mol. The number of hydrogen-bond acceptors (Lipinski definition) is 8. The average Bonchev–Trinajstić information content (AvgIpc) is 3.33. The summed E-state index contributed by atoms with van der Waals surface area (Å²) in [5, 5.41) is 11.1. The minimum Gasteiger partial charge on any atom is -0.405 e. The summed E-state index contributed by atoms with van der Waals surface area (Å²) in [6.45, 7) is 15.7. The highest BCUT2D eigenvalue weighted by Gasteiger charge is 2.29. The summed E-state index contributed by atoms with van der Waals surface area (Å²) in [6, 6.07) is 4.82. The normalized spacial score (nSPS) is 11.5. The van der Waals surface area contributed by atoms with Crippen LogP contribution in [0.25, 0.3) is 22.3 Å². The molecule has 3 aromatic rings. The number of ether oxygens (including phenoxy) is 1. The number of nitrogens with zero attached hydrogens (tertiary/aromatic N) is 2. The van der Waals surface area contributed by atoms with Crippen LogP contribution >= 0.6 is 11.9 Å². The lowest BCUT2D eigenvalue weighted by Crippen LogP contribution is -2.26. The molecule has 1 unspecified atom stereocenters. The fraction of sp³-hybridized carbons (Fsp3) is 0.433. The lowest BCUT2D eigenvalue weighted by Gasteiger charge is -2.14. The number of halogens is 1. The van der Waals surface area contributed by atoms with Crippen molar-refractivity contribution in [3.63, 3.8) is 0 Å². The van der Waals surface area contributed by atoms with Crippen molar-refractivity contribution in [2.75, 3.05) is 12.9 Å². The van der Waals surface area contributed by atoms with Gasteiger partial charge in [-0.3, -0.25) is 9.52 Å². The number of carbonyl (C=O) groups excluding carboxylic acids is 1. The number of aliphatic hydroxyl groups is 1. The summed E-state index contributed by atoms with van der Waals surface area (Å²) < 4.78 is 24.5. The van der Waals surface area contributed by atoms with Gasteiger partial charge in [0, 0.05) is 47.6 Å². The Bertz CT molecular complexity index is 1340. The molecular formula is C30H43FN4O4S. The number of aliphatic hydroxyl groups excluding tert-OH is 1. The number of aryl methyl sites for hydroxylation is 1. The number of nitrogens with one attached hydrogen (secondary N) is 1. The molecule has 40 heavy (non-hydrogen) atoms. The van der Waals surface area contributed by atoms with Gasteiger partial charge in [-0.2, -0.15) is 0 Å². The van der Waals surface area contributed by atoms with E-state index in [9.17, 15) is 19.1 Å². The molecule has 0 aliphatic carbocycles. The molecular weight excluding hydrogens is 531 g/mol. The van der Waals surface area contributed by atoms with Gasteiger partial charge in [-0.25, -0.2) is 9.37 Å². The summed E-state index contributed by atoms with van der Waals surface area (Å²) in [6.07, 6.45) is 1.21. The SMILES string of the molecule is C=CN.CC.CC.CCCSNCc1c2c(nc3cc(F)c(C)cc13)-c1cc(C(O)C=O)c(COC)c(=O)n1C2. The minimum atomic E-state index is -1.45.